The van der Waals surface area contributed by atoms with Gasteiger partial charge < -0.3 is 15.5 Å². The zero-order valence-corrected chi connectivity index (χ0v) is 9.84. The van der Waals surface area contributed by atoms with E-state index in [1.54, 1.807) is 25.3 Å². The molecular formula is C12H13N3O3. The first kappa shape index (κ1) is 12.1. The number of aromatic nitrogens is 1. The maximum atomic E-state index is 11.8. The van der Waals surface area contributed by atoms with Crippen LogP contribution in [0.1, 0.15) is 23.9 Å². The van der Waals surface area contributed by atoms with Gasteiger partial charge in [0.2, 0.25) is 5.91 Å². The molecule has 0 saturated carbocycles. The summed E-state index contributed by atoms with van der Waals surface area (Å²) in [5.41, 5.74) is 6.27. The van der Waals surface area contributed by atoms with Gasteiger partial charge in [0.25, 0.3) is 5.91 Å². The van der Waals surface area contributed by atoms with Gasteiger partial charge in [-0.1, -0.05) is 6.92 Å². The van der Waals surface area contributed by atoms with E-state index in [0.29, 0.717) is 17.5 Å². The lowest BCUT2D eigenvalue weighted by Crippen LogP contribution is -2.43. The van der Waals surface area contributed by atoms with Crippen LogP contribution in [-0.4, -0.2) is 22.8 Å². The van der Waals surface area contributed by atoms with Crippen molar-refractivity contribution in [1.82, 2.24) is 10.3 Å². The minimum absolute atomic E-state index is 0.114. The molecule has 2 rings (SSSR count). The van der Waals surface area contributed by atoms with Crippen LogP contribution in [0.5, 0.6) is 0 Å². The number of furan rings is 1. The smallest absolute Gasteiger partial charge is 0.287 e. The Kier molecular flexibility index (Phi) is 3.27. The van der Waals surface area contributed by atoms with E-state index in [2.05, 4.69) is 10.3 Å². The Morgan fingerprint density at radius 3 is 2.94 bits per heavy atom. The Labute approximate surface area is 103 Å². The molecule has 2 aromatic rings. The van der Waals surface area contributed by atoms with Crippen LogP contribution in [0.15, 0.2) is 28.8 Å². The third kappa shape index (κ3) is 2.32. The van der Waals surface area contributed by atoms with Crippen LogP contribution in [0.4, 0.5) is 0 Å². The molecule has 2 amide bonds. The van der Waals surface area contributed by atoms with Crippen LogP contribution in [-0.2, 0) is 4.79 Å². The van der Waals surface area contributed by atoms with Gasteiger partial charge >= 0.3 is 0 Å². The molecule has 2 heterocycles. The Morgan fingerprint density at radius 2 is 2.33 bits per heavy atom. The number of rotatable bonds is 4. The number of carbonyl (C=O) groups is 2. The molecule has 18 heavy (non-hydrogen) atoms. The Morgan fingerprint density at radius 1 is 1.56 bits per heavy atom. The molecule has 0 spiro atoms. The van der Waals surface area contributed by atoms with E-state index >= 15 is 0 Å². The highest BCUT2D eigenvalue weighted by Crippen LogP contribution is 2.16. The van der Waals surface area contributed by atoms with Crippen LogP contribution in [0.3, 0.4) is 0 Å². The number of hydrogen-bond acceptors (Lipinski definition) is 4. The molecule has 0 saturated heterocycles. The van der Waals surface area contributed by atoms with E-state index in [1.165, 1.54) is 6.07 Å². The van der Waals surface area contributed by atoms with Crippen molar-refractivity contribution < 1.29 is 14.0 Å². The molecule has 0 radical (unpaired) electrons. The quantitative estimate of drug-likeness (QED) is 0.835. The van der Waals surface area contributed by atoms with Crippen molar-refractivity contribution in [1.29, 1.82) is 0 Å². The lowest BCUT2D eigenvalue weighted by atomic mass is 10.2. The highest BCUT2D eigenvalue weighted by molar-refractivity contribution is 5.97. The number of nitrogens with one attached hydrogen (secondary N) is 1. The number of primary amides is 1. The summed E-state index contributed by atoms with van der Waals surface area (Å²) in [6.45, 7) is 1.76. The number of hydrogen-bond donors (Lipinski definition) is 2. The second-order valence-corrected chi connectivity index (χ2v) is 3.83. The van der Waals surface area contributed by atoms with Crippen molar-refractivity contribution in [3.8, 4) is 0 Å². The van der Waals surface area contributed by atoms with Gasteiger partial charge in [0, 0.05) is 12.3 Å². The molecular weight excluding hydrogens is 234 g/mol. The molecule has 6 heteroatoms. The van der Waals surface area contributed by atoms with Crippen LogP contribution < -0.4 is 11.1 Å². The van der Waals surface area contributed by atoms with E-state index in [4.69, 9.17) is 10.2 Å². The normalized spacial score (nSPS) is 12.3. The lowest BCUT2D eigenvalue weighted by Gasteiger charge is -2.11. The van der Waals surface area contributed by atoms with Gasteiger partial charge in [0.15, 0.2) is 11.3 Å². The molecule has 0 aromatic carbocycles. The average Bonchev–Trinajstić information content (AvgIpc) is 2.79. The van der Waals surface area contributed by atoms with Gasteiger partial charge in [-0.25, -0.2) is 0 Å². The molecule has 94 valence electrons. The molecule has 0 bridgehead atoms. The minimum Gasteiger partial charge on any atom is -0.449 e. The van der Waals surface area contributed by atoms with Crippen LogP contribution >= 0.6 is 0 Å². The maximum Gasteiger partial charge on any atom is 0.287 e. The summed E-state index contributed by atoms with van der Waals surface area (Å²) in [5.74, 6) is -0.929. The topological polar surface area (TPSA) is 98.2 Å². The fraction of sp³-hybridized carbons (Fsp3) is 0.250. The van der Waals surface area contributed by atoms with E-state index in [0.717, 1.165) is 0 Å². The maximum absolute atomic E-state index is 11.8. The number of nitrogens with two attached hydrogens (primary N) is 1. The Hall–Kier alpha value is -2.37. The number of amides is 2. The highest BCUT2D eigenvalue weighted by Gasteiger charge is 2.19. The van der Waals surface area contributed by atoms with Gasteiger partial charge in [-0.15, -0.1) is 0 Å². The third-order valence-corrected chi connectivity index (χ3v) is 2.57. The fourth-order valence-corrected chi connectivity index (χ4v) is 1.59. The zero-order chi connectivity index (χ0) is 13.1. The van der Waals surface area contributed by atoms with Gasteiger partial charge in [-0.05, 0) is 18.6 Å². The molecule has 0 fully saturated rings. The third-order valence-electron chi connectivity index (χ3n) is 2.57. The first-order chi connectivity index (χ1) is 8.61. The number of nitrogens with zero attached hydrogens (tertiary/aromatic N) is 1. The summed E-state index contributed by atoms with van der Waals surface area (Å²) in [6.07, 6.45) is 2.04. The summed E-state index contributed by atoms with van der Waals surface area (Å²) in [4.78, 5) is 26.9. The van der Waals surface area contributed by atoms with Crippen LogP contribution in [0.25, 0.3) is 11.1 Å². The monoisotopic (exact) mass is 247 g/mol. The standard InChI is InChI=1S/C12H13N3O3/c1-2-7(11(13)16)15-12(17)10-6-8-9(18-10)4-3-5-14-8/h3-7H,2H2,1H3,(H2,13,16)(H,15,17). The van der Waals surface area contributed by atoms with Crippen molar-refractivity contribution in [3.63, 3.8) is 0 Å². The summed E-state index contributed by atoms with van der Waals surface area (Å²) in [7, 11) is 0. The second-order valence-electron chi connectivity index (χ2n) is 3.83. The average molecular weight is 247 g/mol. The first-order valence-corrected chi connectivity index (χ1v) is 5.56. The van der Waals surface area contributed by atoms with Crippen molar-refractivity contribution >= 4 is 22.9 Å². The van der Waals surface area contributed by atoms with Crippen molar-refractivity contribution in [2.45, 2.75) is 19.4 Å². The molecule has 1 atom stereocenters. The van der Waals surface area contributed by atoms with Crippen molar-refractivity contribution in [2.24, 2.45) is 5.73 Å². The largest absolute Gasteiger partial charge is 0.449 e. The van der Waals surface area contributed by atoms with Gasteiger partial charge in [-0.2, -0.15) is 0 Å². The van der Waals surface area contributed by atoms with E-state index in [-0.39, 0.29) is 5.76 Å². The lowest BCUT2D eigenvalue weighted by molar-refractivity contribution is -0.119. The number of pyridine rings is 1. The molecule has 1 unspecified atom stereocenters. The number of fused-ring (bicyclic) bond motifs is 1. The highest BCUT2D eigenvalue weighted by atomic mass is 16.3. The molecule has 0 aliphatic rings. The predicted molar refractivity (Wildman–Crippen MR) is 64.7 cm³/mol. The van der Waals surface area contributed by atoms with Crippen LogP contribution in [0, 0.1) is 0 Å². The molecule has 6 nitrogen and oxygen atoms in total. The van der Waals surface area contributed by atoms with Crippen LogP contribution in [0.2, 0.25) is 0 Å². The second kappa shape index (κ2) is 4.87. The minimum atomic E-state index is -0.696. The molecule has 0 aliphatic heterocycles. The number of carbonyl (C=O) groups excluding carboxylic acids is 2. The first-order valence-electron chi connectivity index (χ1n) is 5.56. The van der Waals surface area contributed by atoms with Gasteiger partial charge in [-0.3, -0.25) is 14.6 Å². The summed E-state index contributed by atoms with van der Waals surface area (Å²) < 4.78 is 5.33. The van der Waals surface area contributed by atoms with E-state index < -0.39 is 17.9 Å². The SMILES string of the molecule is CCC(NC(=O)c1cc2ncccc2o1)C(N)=O. The summed E-state index contributed by atoms with van der Waals surface area (Å²) in [6, 6.07) is 4.26. The summed E-state index contributed by atoms with van der Waals surface area (Å²) in [5, 5.41) is 2.51. The summed E-state index contributed by atoms with van der Waals surface area (Å²) >= 11 is 0. The molecule has 0 aliphatic carbocycles. The van der Waals surface area contributed by atoms with E-state index in [9.17, 15) is 9.59 Å². The van der Waals surface area contributed by atoms with E-state index in [1.807, 2.05) is 0 Å². The Bertz CT molecular complexity index is 558. The predicted octanol–water partition coefficient (Wildman–Crippen LogP) is 0.822. The molecule has 3 N–H and O–H groups in total. The molecule has 2 aromatic heterocycles. The van der Waals surface area contributed by atoms with Gasteiger partial charge in [0.1, 0.15) is 11.6 Å². The van der Waals surface area contributed by atoms with Gasteiger partial charge in [0.05, 0.1) is 0 Å². The zero-order valence-electron chi connectivity index (χ0n) is 9.84. The van der Waals surface area contributed by atoms with Crippen molar-refractivity contribution in [3.05, 3.63) is 30.2 Å². The Balaban J connectivity index is 2.20. The fourth-order valence-electron chi connectivity index (χ4n) is 1.59. The van der Waals surface area contributed by atoms with Crippen molar-refractivity contribution in [2.75, 3.05) is 0 Å².